The van der Waals surface area contributed by atoms with Crippen LogP contribution in [0.25, 0.3) is 6.08 Å². The summed E-state index contributed by atoms with van der Waals surface area (Å²) in [4.78, 5) is 39.9. The van der Waals surface area contributed by atoms with Crippen LogP contribution in [0.3, 0.4) is 0 Å². The predicted molar refractivity (Wildman–Crippen MR) is 150 cm³/mol. The molecule has 2 fully saturated rings. The summed E-state index contributed by atoms with van der Waals surface area (Å²) in [5.41, 5.74) is 2.62. The zero-order chi connectivity index (χ0) is 27.8. The summed E-state index contributed by atoms with van der Waals surface area (Å²) in [5.74, 6) is -1.03. The van der Waals surface area contributed by atoms with Gasteiger partial charge in [0.2, 0.25) is 5.91 Å². The summed E-state index contributed by atoms with van der Waals surface area (Å²) >= 11 is 5.34. The van der Waals surface area contributed by atoms with Crippen molar-refractivity contribution in [2.24, 2.45) is 0 Å². The van der Waals surface area contributed by atoms with E-state index in [-0.39, 0.29) is 10.8 Å². The Kier molecular flexibility index (Phi) is 9.41. The molecule has 0 atom stereocenters. The number of nitro benzene ring substituents is 1. The number of amides is 1. The number of carbonyl (C=O) groups excluding carboxylic acids is 2. The van der Waals surface area contributed by atoms with Gasteiger partial charge >= 0.3 is 5.97 Å². The molecule has 0 radical (unpaired) electrons. The van der Waals surface area contributed by atoms with E-state index in [1.807, 2.05) is 4.90 Å². The zero-order valence-corrected chi connectivity index (χ0v) is 22.2. The van der Waals surface area contributed by atoms with Gasteiger partial charge in [0.25, 0.3) is 5.69 Å². The largest absolute Gasteiger partial charge is 0.465 e. The molecule has 0 spiro atoms. The molecule has 4 rings (SSSR count). The van der Waals surface area contributed by atoms with Crippen LogP contribution in [0, 0.1) is 10.1 Å². The van der Waals surface area contributed by atoms with Crippen LogP contribution >= 0.6 is 12.2 Å². The van der Waals surface area contributed by atoms with Crippen molar-refractivity contribution in [3.63, 3.8) is 0 Å². The van der Waals surface area contributed by atoms with E-state index in [1.54, 1.807) is 30.3 Å². The Bertz CT molecular complexity index is 1270. The molecule has 2 aliphatic heterocycles. The number of benzene rings is 2. The maximum absolute atomic E-state index is 12.6. The lowest BCUT2D eigenvalue weighted by Gasteiger charge is -2.31. The fourth-order valence-electron chi connectivity index (χ4n) is 4.30. The Morgan fingerprint density at radius 2 is 1.62 bits per heavy atom. The van der Waals surface area contributed by atoms with Crippen LogP contribution in [0.4, 0.5) is 22.7 Å². The first-order chi connectivity index (χ1) is 18.9. The van der Waals surface area contributed by atoms with Crippen LogP contribution in [-0.2, 0) is 19.0 Å². The fourth-order valence-corrected chi connectivity index (χ4v) is 4.51. The Morgan fingerprint density at radius 3 is 2.23 bits per heavy atom. The summed E-state index contributed by atoms with van der Waals surface area (Å²) in [6, 6.07) is 9.88. The van der Waals surface area contributed by atoms with Crippen LogP contribution in [0.15, 0.2) is 42.5 Å². The molecular weight excluding hydrogens is 526 g/mol. The SMILES string of the molecule is COC(=O)c1ccc(N2CCOCC2)c(NC(=S)NC(=O)/C=C/c2ccc(N3CCOCC3)c([N+](=O)[O-])c2)c1. The number of nitrogens with one attached hydrogen (secondary N) is 2. The lowest BCUT2D eigenvalue weighted by atomic mass is 10.1. The highest BCUT2D eigenvalue weighted by Gasteiger charge is 2.22. The Balaban J connectivity index is 1.44. The number of ether oxygens (including phenoxy) is 3. The van der Waals surface area contributed by atoms with Crippen LogP contribution in [0.2, 0.25) is 0 Å². The average Bonchev–Trinajstić information content (AvgIpc) is 2.96. The molecule has 39 heavy (non-hydrogen) atoms. The molecule has 13 heteroatoms. The number of anilines is 3. The van der Waals surface area contributed by atoms with E-state index in [9.17, 15) is 19.7 Å². The number of hydrogen-bond acceptors (Lipinski definition) is 10. The van der Waals surface area contributed by atoms with E-state index in [4.69, 9.17) is 26.4 Å². The lowest BCUT2D eigenvalue weighted by molar-refractivity contribution is -0.384. The molecule has 0 saturated carbocycles. The van der Waals surface area contributed by atoms with Gasteiger partial charge in [0.1, 0.15) is 5.69 Å². The second kappa shape index (κ2) is 13.1. The first kappa shape index (κ1) is 28.0. The van der Waals surface area contributed by atoms with Crippen LogP contribution in [0.5, 0.6) is 0 Å². The lowest BCUT2D eigenvalue weighted by Crippen LogP contribution is -2.38. The maximum atomic E-state index is 12.6. The van der Waals surface area contributed by atoms with Crippen molar-refractivity contribution < 1.29 is 28.7 Å². The van der Waals surface area contributed by atoms with Crippen molar-refractivity contribution in [1.82, 2.24) is 5.32 Å². The molecule has 12 nitrogen and oxygen atoms in total. The van der Waals surface area contributed by atoms with Crippen molar-refractivity contribution >= 4 is 58.0 Å². The molecule has 2 aliphatic rings. The first-order valence-electron chi connectivity index (χ1n) is 12.3. The number of morpholine rings is 2. The highest BCUT2D eigenvalue weighted by Crippen LogP contribution is 2.31. The minimum Gasteiger partial charge on any atom is -0.465 e. The predicted octanol–water partition coefficient (Wildman–Crippen LogP) is 2.58. The van der Waals surface area contributed by atoms with Gasteiger partial charge in [0.15, 0.2) is 5.11 Å². The number of rotatable bonds is 7. The minimum absolute atomic E-state index is 0.0230. The molecule has 0 bridgehead atoms. The summed E-state index contributed by atoms with van der Waals surface area (Å²) in [6.45, 7) is 4.60. The van der Waals surface area contributed by atoms with Crippen LogP contribution < -0.4 is 20.4 Å². The third kappa shape index (κ3) is 7.28. The fraction of sp³-hybridized carbons (Fsp3) is 0.346. The summed E-state index contributed by atoms with van der Waals surface area (Å²) < 4.78 is 15.6. The van der Waals surface area contributed by atoms with Crippen molar-refractivity contribution in [1.29, 1.82) is 0 Å². The Hall–Kier alpha value is -4.07. The number of nitro groups is 1. The van der Waals surface area contributed by atoms with E-state index in [0.717, 1.165) is 5.69 Å². The molecule has 2 aromatic carbocycles. The highest BCUT2D eigenvalue weighted by atomic mass is 32.1. The summed E-state index contributed by atoms with van der Waals surface area (Å²) in [7, 11) is 1.30. The van der Waals surface area contributed by atoms with Crippen molar-refractivity contribution in [2.45, 2.75) is 0 Å². The van der Waals surface area contributed by atoms with Gasteiger partial charge in [-0.15, -0.1) is 0 Å². The van der Waals surface area contributed by atoms with Crippen LogP contribution in [-0.4, -0.2) is 81.6 Å². The number of esters is 1. The molecule has 2 saturated heterocycles. The molecule has 2 aromatic rings. The Labute approximate surface area is 230 Å². The second-order valence-electron chi connectivity index (χ2n) is 8.70. The van der Waals surface area contributed by atoms with Crippen molar-refractivity contribution in [3.8, 4) is 0 Å². The van der Waals surface area contributed by atoms with Gasteiger partial charge in [-0.25, -0.2) is 4.79 Å². The quantitative estimate of drug-likeness (QED) is 0.172. The molecule has 206 valence electrons. The molecule has 1 amide bonds. The van der Waals surface area contributed by atoms with E-state index < -0.39 is 16.8 Å². The molecule has 0 aromatic heterocycles. The monoisotopic (exact) mass is 555 g/mol. The van der Waals surface area contributed by atoms with E-state index in [0.29, 0.717) is 75.1 Å². The third-order valence-corrected chi connectivity index (χ3v) is 6.43. The smallest absolute Gasteiger partial charge is 0.337 e. The topological polar surface area (TPSA) is 136 Å². The molecule has 2 heterocycles. The highest BCUT2D eigenvalue weighted by molar-refractivity contribution is 7.80. The normalized spacial score (nSPS) is 15.6. The van der Waals surface area contributed by atoms with Crippen molar-refractivity contribution in [3.05, 3.63) is 63.7 Å². The first-order valence-corrected chi connectivity index (χ1v) is 12.7. The zero-order valence-electron chi connectivity index (χ0n) is 21.4. The van der Waals surface area contributed by atoms with Gasteiger partial charge in [0.05, 0.1) is 55.4 Å². The van der Waals surface area contributed by atoms with Gasteiger partial charge < -0.3 is 29.3 Å². The van der Waals surface area contributed by atoms with E-state index >= 15 is 0 Å². The van der Waals surface area contributed by atoms with Gasteiger partial charge in [-0.05, 0) is 48.1 Å². The average molecular weight is 556 g/mol. The number of hydrogen-bond donors (Lipinski definition) is 2. The molecule has 0 unspecified atom stereocenters. The summed E-state index contributed by atoms with van der Waals surface area (Å²) in [5, 5.41) is 17.3. The van der Waals surface area contributed by atoms with Gasteiger partial charge in [0, 0.05) is 38.3 Å². The molecule has 2 N–H and O–H groups in total. The summed E-state index contributed by atoms with van der Waals surface area (Å²) in [6.07, 6.45) is 2.72. The number of carbonyl (C=O) groups is 2. The van der Waals surface area contributed by atoms with E-state index in [1.165, 1.54) is 25.3 Å². The number of thiocarbonyl (C=S) groups is 1. The molecular formula is C26H29N5O7S. The second-order valence-corrected chi connectivity index (χ2v) is 9.11. The van der Waals surface area contributed by atoms with E-state index in [2.05, 4.69) is 15.5 Å². The Morgan fingerprint density at radius 1 is 1.00 bits per heavy atom. The van der Waals surface area contributed by atoms with Gasteiger partial charge in [-0.1, -0.05) is 6.07 Å². The van der Waals surface area contributed by atoms with Gasteiger partial charge in [-0.2, -0.15) is 0 Å². The number of nitrogens with zero attached hydrogens (tertiary/aromatic N) is 3. The van der Waals surface area contributed by atoms with Crippen molar-refractivity contribution in [2.75, 3.05) is 74.8 Å². The van der Waals surface area contributed by atoms with Crippen LogP contribution in [0.1, 0.15) is 15.9 Å². The minimum atomic E-state index is -0.524. The number of methoxy groups -OCH3 is 1. The standard InChI is InChI=1S/C26H29N5O7S/c1-36-25(33)19-4-6-21(29-8-12-37-13-9-29)20(17-19)27-26(39)28-24(32)7-3-18-2-5-22(23(16-18)31(34)35)30-10-14-38-15-11-30/h2-7,16-17H,8-15H2,1H3,(H2,27,28,32,39)/b7-3+. The molecule has 0 aliphatic carbocycles. The third-order valence-electron chi connectivity index (χ3n) is 6.23. The van der Waals surface area contributed by atoms with Gasteiger partial charge in [-0.3, -0.25) is 20.2 Å². The maximum Gasteiger partial charge on any atom is 0.337 e.